The van der Waals surface area contributed by atoms with E-state index in [4.69, 9.17) is 15.2 Å². The molecule has 2 N–H and O–H groups in total. The molecule has 3 heterocycles. The molecular weight excluding hydrogens is 512 g/mol. The highest BCUT2D eigenvalue weighted by atomic mass is 79.9. The van der Waals surface area contributed by atoms with Gasteiger partial charge < -0.3 is 19.8 Å². The maximum Gasteiger partial charge on any atom is 0.337 e. The largest absolute Gasteiger partial charge is 0.465 e. The molecule has 0 unspecified atom stereocenters. The first-order valence-electron chi connectivity index (χ1n) is 11.4. The lowest BCUT2D eigenvalue weighted by Gasteiger charge is -2.16. The molecule has 10 heteroatoms. The first-order chi connectivity index (χ1) is 16.8. The van der Waals surface area contributed by atoms with Crippen LogP contribution in [-0.4, -0.2) is 50.1 Å². The molecule has 3 aromatic heterocycles. The summed E-state index contributed by atoms with van der Waals surface area (Å²) in [7, 11) is 3.28. The molecule has 1 aromatic carbocycles. The first kappa shape index (κ1) is 24.9. The summed E-state index contributed by atoms with van der Waals surface area (Å²) in [6.45, 7) is 5.08. The molecule has 0 spiro atoms. The highest BCUT2D eigenvalue weighted by Gasteiger charge is 2.16. The lowest BCUT2D eigenvalue weighted by Crippen LogP contribution is -2.19. The van der Waals surface area contributed by atoms with Gasteiger partial charge in [-0.15, -0.1) is 0 Å². The van der Waals surface area contributed by atoms with Crippen molar-refractivity contribution in [1.82, 2.24) is 24.3 Å². The Morgan fingerprint density at radius 3 is 2.80 bits per heavy atom. The van der Waals surface area contributed by atoms with E-state index in [0.29, 0.717) is 30.4 Å². The monoisotopic (exact) mass is 540 g/mol. The Morgan fingerprint density at radius 1 is 1.23 bits per heavy atom. The maximum atomic E-state index is 12.0. The van der Waals surface area contributed by atoms with Crippen LogP contribution in [0, 0.1) is 6.92 Å². The number of benzene rings is 1. The number of methoxy groups -OCH3 is 1. The van der Waals surface area contributed by atoms with E-state index in [1.165, 1.54) is 7.11 Å². The lowest BCUT2D eigenvalue weighted by atomic mass is 10.1. The summed E-state index contributed by atoms with van der Waals surface area (Å²) in [4.78, 5) is 21.1. The van der Waals surface area contributed by atoms with Crippen LogP contribution in [0.4, 0.5) is 5.95 Å². The molecule has 0 bridgehead atoms. The number of carbonyl (C=O) groups excluding carboxylic acids is 1. The molecule has 184 valence electrons. The minimum absolute atomic E-state index is 0.0410. The van der Waals surface area contributed by atoms with Crippen LogP contribution in [0.1, 0.15) is 35.1 Å². The van der Waals surface area contributed by atoms with Crippen molar-refractivity contribution in [2.24, 2.45) is 7.05 Å². The average Bonchev–Trinajstić information content (AvgIpc) is 3.34. The lowest BCUT2D eigenvalue weighted by molar-refractivity contribution is 0.0538. The Labute approximate surface area is 212 Å². The Morgan fingerprint density at radius 2 is 2.03 bits per heavy atom. The number of nitrogens with two attached hydrogens (primary N) is 1. The van der Waals surface area contributed by atoms with Gasteiger partial charge in [-0.2, -0.15) is 5.10 Å². The number of rotatable bonds is 9. The van der Waals surface area contributed by atoms with Gasteiger partial charge in [-0.05, 0) is 57.0 Å². The second-order valence-corrected chi connectivity index (χ2v) is 9.42. The fraction of sp³-hybridized carbons (Fsp3) is 0.360. The van der Waals surface area contributed by atoms with Gasteiger partial charge in [-0.25, -0.2) is 9.78 Å². The fourth-order valence-electron chi connectivity index (χ4n) is 4.16. The number of carbonyl (C=O) groups is 1. The Kier molecular flexibility index (Phi) is 7.51. The summed E-state index contributed by atoms with van der Waals surface area (Å²) in [5.41, 5.74) is 11.8. The number of nitrogens with zero attached hydrogens (tertiary/aromatic N) is 5. The summed E-state index contributed by atoms with van der Waals surface area (Å²) >= 11 is 3.51. The Bertz CT molecular complexity index is 1360. The third-order valence-corrected chi connectivity index (χ3v) is 6.35. The molecule has 0 saturated heterocycles. The van der Waals surface area contributed by atoms with Gasteiger partial charge in [-0.3, -0.25) is 9.67 Å². The van der Waals surface area contributed by atoms with Crippen molar-refractivity contribution in [1.29, 1.82) is 0 Å². The predicted molar refractivity (Wildman–Crippen MR) is 138 cm³/mol. The number of halogens is 1. The van der Waals surface area contributed by atoms with Gasteiger partial charge in [0.25, 0.3) is 0 Å². The molecule has 0 aliphatic rings. The molecule has 1 atom stereocenters. The maximum absolute atomic E-state index is 12.0. The zero-order valence-corrected chi connectivity index (χ0v) is 21.9. The SMILES string of the molecule is COC(=O)c1cc(C)nc(-c2cnn(C)c2CCCO[C@@H](C)Cn2c(N)nc3ccc(Br)cc32)c1. The van der Waals surface area contributed by atoms with Crippen LogP contribution in [0.3, 0.4) is 0 Å². The second-order valence-electron chi connectivity index (χ2n) is 8.50. The van der Waals surface area contributed by atoms with Crippen LogP contribution in [0.5, 0.6) is 0 Å². The summed E-state index contributed by atoms with van der Waals surface area (Å²) in [6.07, 6.45) is 3.30. The van der Waals surface area contributed by atoms with E-state index < -0.39 is 0 Å². The van der Waals surface area contributed by atoms with E-state index in [1.54, 1.807) is 18.3 Å². The number of esters is 1. The minimum atomic E-state index is -0.386. The summed E-state index contributed by atoms with van der Waals surface area (Å²) in [5.74, 6) is 0.0910. The molecule has 4 rings (SSSR count). The molecule has 35 heavy (non-hydrogen) atoms. The standard InChI is InChI=1S/C25H29BrN6O3/c1-15-10-17(24(33)34-4)11-21(29-15)19-13-28-31(3)22(19)6-5-9-35-16(2)14-32-23-12-18(26)7-8-20(23)30-25(32)27/h7-8,10-13,16H,5-6,9,14H2,1-4H3,(H2,27,30)/t16-/m0/s1. The molecule has 0 aliphatic carbocycles. The molecule has 4 aromatic rings. The second kappa shape index (κ2) is 10.6. The predicted octanol–water partition coefficient (Wildman–Crippen LogP) is 4.31. The number of fused-ring (bicyclic) bond motifs is 1. The fourth-order valence-corrected chi connectivity index (χ4v) is 4.50. The van der Waals surface area contributed by atoms with Crippen molar-refractivity contribution in [2.45, 2.75) is 39.3 Å². The number of hydrogen-bond donors (Lipinski definition) is 1. The number of aromatic nitrogens is 5. The molecular formula is C25H29BrN6O3. The van der Waals surface area contributed by atoms with Gasteiger partial charge in [0.05, 0.1) is 48.2 Å². The van der Waals surface area contributed by atoms with Crippen LogP contribution in [-0.2, 0) is 29.5 Å². The first-order valence-corrected chi connectivity index (χ1v) is 12.2. The number of anilines is 1. The molecule has 0 amide bonds. The molecule has 0 fully saturated rings. The van der Waals surface area contributed by atoms with Crippen molar-refractivity contribution in [3.8, 4) is 11.3 Å². The molecule has 0 aliphatic heterocycles. The van der Waals surface area contributed by atoms with Crippen molar-refractivity contribution in [3.63, 3.8) is 0 Å². The summed E-state index contributed by atoms with van der Waals surface area (Å²) in [5, 5.41) is 4.42. The van der Waals surface area contributed by atoms with Gasteiger partial charge in [0.1, 0.15) is 0 Å². The van der Waals surface area contributed by atoms with Crippen LogP contribution in [0.25, 0.3) is 22.3 Å². The smallest absolute Gasteiger partial charge is 0.337 e. The summed E-state index contributed by atoms with van der Waals surface area (Å²) < 4.78 is 15.8. The van der Waals surface area contributed by atoms with E-state index in [1.807, 2.05) is 48.3 Å². The Balaban J connectivity index is 1.39. The van der Waals surface area contributed by atoms with E-state index in [-0.39, 0.29) is 12.1 Å². The quantitative estimate of drug-likeness (QED) is 0.248. The number of ether oxygens (including phenoxy) is 2. The third kappa shape index (κ3) is 5.54. The Hall–Kier alpha value is -3.24. The van der Waals surface area contributed by atoms with Gasteiger partial charge in [-0.1, -0.05) is 15.9 Å². The van der Waals surface area contributed by atoms with Crippen molar-refractivity contribution in [3.05, 3.63) is 58.0 Å². The highest BCUT2D eigenvalue weighted by Crippen LogP contribution is 2.25. The molecule has 0 radical (unpaired) electrons. The van der Waals surface area contributed by atoms with Crippen LogP contribution < -0.4 is 5.73 Å². The van der Waals surface area contributed by atoms with Crippen LogP contribution in [0.15, 0.2) is 41.0 Å². The van der Waals surface area contributed by atoms with E-state index in [2.05, 4.69) is 31.0 Å². The minimum Gasteiger partial charge on any atom is -0.465 e. The zero-order chi connectivity index (χ0) is 25.1. The van der Waals surface area contributed by atoms with Gasteiger partial charge in [0, 0.05) is 35.1 Å². The zero-order valence-electron chi connectivity index (χ0n) is 20.3. The number of hydrogen-bond acceptors (Lipinski definition) is 7. The van der Waals surface area contributed by atoms with Gasteiger partial charge in [0.15, 0.2) is 0 Å². The number of aryl methyl sites for hydroxylation is 2. The topological polar surface area (TPSA) is 110 Å². The van der Waals surface area contributed by atoms with Crippen molar-refractivity contribution >= 4 is 38.9 Å². The van der Waals surface area contributed by atoms with E-state index >= 15 is 0 Å². The van der Waals surface area contributed by atoms with Crippen LogP contribution >= 0.6 is 15.9 Å². The van der Waals surface area contributed by atoms with E-state index in [9.17, 15) is 4.79 Å². The van der Waals surface area contributed by atoms with E-state index in [0.717, 1.165) is 45.3 Å². The van der Waals surface area contributed by atoms with Crippen molar-refractivity contribution < 1.29 is 14.3 Å². The van der Waals surface area contributed by atoms with Crippen LogP contribution in [0.2, 0.25) is 0 Å². The molecule has 0 saturated carbocycles. The number of nitrogen functional groups attached to an aromatic ring is 1. The van der Waals surface area contributed by atoms with Gasteiger partial charge >= 0.3 is 5.97 Å². The number of imidazole rings is 1. The normalized spacial score (nSPS) is 12.3. The average molecular weight is 541 g/mol. The molecule has 9 nitrogen and oxygen atoms in total. The van der Waals surface area contributed by atoms with Gasteiger partial charge in [0.2, 0.25) is 5.95 Å². The van der Waals surface area contributed by atoms with Crippen molar-refractivity contribution in [2.75, 3.05) is 19.5 Å². The number of pyridine rings is 1. The third-order valence-electron chi connectivity index (χ3n) is 5.85. The highest BCUT2D eigenvalue weighted by molar-refractivity contribution is 9.10. The summed E-state index contributed by atoms with van der Waals surface area (Å²) in [6, 6.07) is 9.38.